The van der Waals surface area contributed by atoms with E-state index in [1.807, 2.05) is 4.90 Å². The maximum atomic E-state index is 13.4. The van der Waals surface area contributed by atoms with Gasteiger partial charge in [-0.15, -0.1) is 0 Å². The maximum absolute atomic E-state index is 13.4. The van der Waals surface area contributed by atoms with E-state index in [1.54, 1.807) is 6.07 Å². The molecule has 0 aliphatic carbocycles. The van der Waals surface area contributed by atoms with Crippen LogP contribution in [0.25, 0.3) is 0 Å². The molecule has 2 atom stereocenters. The SMILES string of the molecule is O=C([C@@H]1NCC[C@@H]1c1ccc(F)c(F)c1)N1CCCC1. The van der Waals surface area contributed by atoms with Gasteiger partial charge in [-0.1, -0.05) is 6.07 Å². The molecule has 3 nitrogen and oxygen atoms in total. The number of amides is 1. The summed E-state index contributed by atoms with van der Waals surface area (Å²) in [5, 5.41) is 3.21. The van der Waals surface area contributed by atoms with Crippen molar-refractivity contribution in [1.29, 1.82) is 0 Å². The molecule has 108 valence electrons. The number of nitrogens with zero attached hydrogens (tertiary/aromatic N) is 1. The lowest BCUT2D eigenvalue weighted by atomic mass is 9.91. The topological polar surface area (TPSA) is 32.3 Å². The summed E-state index contributed by atoms with van der Waals surface area (Å²) in [6, 6.07) is 3.63. The van der Waals surface area contributed by atoms with Gasteiger partial charge in [-0.05, 0) is 43.5 Å². The number of hydrogen-bond acceptors (Lipinski definition) is 2. The van der Waals surface area contributed by atoms with Crippen LogP contribution in [-0.4, -0.2) is 36.5 Å². The number of halogens is 2. The summed E-state index contributed by atoms with van der Waals surface area (Å²) in [5.74, 6) is -1.67. The van der Waals surface area contributed by atoms with E-state index < -0.39 is 11.6 Å². The van der Waals surface area contributed by atoms with Gasteiger partial charge in [-0.25, -0.2) is 8.78 Å². The number of nitrogens with one attached hydrogen (secondary N) is 1. The van der Waals surface area contributed by atoms with Crippen molar-refractivity contribution in [2.45, 2.75) is 31.2 Å². The maximum Gasteiger partial charge on any atom is 0.240 e. The van der Waals surface area contributed by atoms with Crippen LogP contribution in [0.15, 0.2) is 18.2 Å². The van der Waals surface area contributed by atoms with Gasteiger partial charge in [-0.3, -0.25) is 4.79 Å². The average molecular weight is 280 g/mol. The molecule has 2 aliphatic rings. The lowest BCUT2D eigenvalue weighted by Gasteiger charge is -2.24. The third-order valence-corrected chi connectivity index (χ3v) is 4.28. The molecular weight excluding hydrogens is 262 g/mol. The van der Waals surface area contributed by atoms with E-state index in [0.717, 1.165) is 45.0 Å². The summed E-state index contributed by atoms with van der Waals surface area (Å²) in [4.78, 5) is 14.3. The van der Waals surface area contributed by atoms with Crippen molar-refractivity contribution in [2.75, 3.05) is 19.6 Å². The molecule has 0 spiro atoms. The quantitative estimate of drug-likeness (QED) is 0.899. The molecule has 1 aromatic carbocycles. The van der Waals surface area contributed by atoms with Crippen LogP contribution in [0.1, 0.15) is 30.7 Å². The summed E-state index contributed by atoms with van der Waals surface area (Å²) < 4.78 is 26.4. The summed E-state index contributed by atoms with van der Waals surface area (Å²) >= 11 is 0. The average Bonchev–Trinajstić information content (AvgIpc) is 3.11. The second-order valence-corrected chi connectivity index (χ2v) is 5.53. The molecule has 2 aliphatic heterocycles. The molecule has 0 bridgehead atoms. The number of hydrogen-bond donors (Lipinski definition) is 1. The molecule has 2 heterocycles. The Morgan fingerprint density at radius 1 is 1.20 bits per heavy atom. The number of rotatable bonds is 2. The number of benzene rings is 1. The largest absolute Gasteiger partial charge is 0.341 e. The van der Waals surface area contributed by atoms with Crippen LogP contribution in [0.3, 0.4) is 0 Å². The van der Waals surface area contributed by atoms with Gasteiger partial charge in [-0.2, -0.15) is 0 Å². The molecule has 0 aromatic heterocycles. The first kappa shape index (κ1) is 13.5. The Morgan fingerprint density at radius 3 is 2.65 bits per heavy atom. The first-order valence-corrected chi connectivity index (χ1v) is 7.14. The van der Waals surface area contributed by atoms with Crippen molar-refractivity contribution in [2.24, 2.45) is 0 Å². The molecule has 2 fully saturated rings. The minimum atomic E-state index is -0.846. The summed E-state index contributed by atoms with van der Waals surface area (Å²) in [5.41, 5.74) is 0.700. The normalized spacial score (nSPS) is 26.2. The number of likely N-dealkylation sites (tertiary alicyclic amines) is 1. The molecule has 1 amide bonds. The smallest absolute Gasteiger partial charge is 0.240 e. The highest BCUT2D eigenvalue weighted by atomic mass is 19.2. The van der Waals surface area contributed by atoms with Crippen molar-refractivity contribution in [1.82, 2.24) is 10.2 Å². The Hall–Kier alpha value is -1.49. The van der Waals surface area contributed by atoms with E-state index >= 15 is 0 Å². The van der Waals surface area contributed by atoms with E-state index in [-0.39, 0.29) is 17.9 Å². The number of carbonyl (C=O) groups is 1. The first-order valence-electron chi connectivity index (χ1n) is 7.14. The zero-order chi connectivity index (χ0) is 14.1. The van der Waals surface area contributed by atoms with Crippen molar-refractivity contribution in [3.8, 4) is 0 Å². The number of carbonyl (C=O) groups excluding carboxylic acids is 1. The van der Waals surface area contributed by atoms with Crippen LogP contribution in [0.4, 0.5) is 8.78 Å². The van der Waals surface area contributed by atoms with Gasteiger partial charge >= 0.3 is 0 Å². The van der Waals surface area contributed by atoms with Gasteiger partial charge in [0.05, 0.1) is 6.04 Å². The third kappa shape index (κ3) is 2.42. The molecule has 3 rings (SSSR count). The van der Waals surface area contributed by atoms with Crippen LogP contribution in [0.2, 0.25) is 0 Å². The van der Waals surface area contributed by atoms with E-state index in [4.69, 9.17) is 0 Å². The zero-order valence-corrected chi connectivity index (χ0v) is 11.2. The van der Waals surface area contributed by atoms with E-state index in [2.05, 4.69) is 5.32 Å². The summed E-state index contributed by atoms with van der Waals surface area (Å²) in [6.07, 6.45) is 2.87. The standard InChI is InChI=1S/C15H18F2N2O/c16-12-4-3-10(9-13(12)17)11-5-6-18-14(11)15(20)19-7-1-2-8-19/h3-4,9,11,14,18H,1-2,5-8H2/t11-,14-/m1/s1. The van der Waals surface area contributed by atoms with Crippen molar-refractivity contribution in [3.63, 3.8) is 0 Å². The summed E-state index contributed by atoms with van der Waals surface area (Å²) in [6.45, 7) is 2.34. The lowest BCUT2D eigenvalue weighted by molar-refractivity contribution is -0.132. The van der Waals surface area contributed by atoms with E-state index in [0.29, 0.717) is 5.56 Å². The lowest BCUT2D eigenvalue weighted by Crippen LogP contribution is -2.44. The minimum absolute atomic E-state index is 0.0711. The fourth-order valence-electron chi connectivity index (χ4n) is 3.20. The summed E-state index contributed by atoms with van der Waals surface area (Å²) in [7, 11) is 0. The van der Waals surface area contributed by atoms with Crippen LogP contribution in [-0.2, 0) is 4.79 Å². The van der Waals surface area contributed by atoms with Gasteiger partial charge in [0.1, 0.15) is 0 Å². The Kier molecular flexibility index (Phi) is 3.70. The molecule has 20 heavy (non-hydrogen) atoms. The van der Waals surface area contributed by atoms with Gasteiger partial charge in [0.2, 0.25) is 5.91 Å². The highest BCUT2D eigenvalue weighted by Crippen LogP contribution is 2.30. The predicted molar refractivity (Wildman–Crippen MR) is 71.3 cm³/mol. The Morgan fingerprint density at radius 2 is 1.95 bits per heavy atom. The van der Waals surface area contributed by atoms with Crippen molar-refractivity contribution < 1.29 is 13.6 Å². The third-order valence-electron chi connectivity index (χ3n) is 4.28. The van der Waals surface area contributed by atoms with E-state index in [9.17, 15) is 13.6 Å². The van der Waals surface area contributed by atoms with Crippen LogP contribution >= 0.6 is 0 Å². The monoisotopic (exact) mass is 280 g/mol. The fraction of sp³-hybridized carbons (Fsp3) is 0.533. The molecule has 0 unspecified atom stereocenters. The Bertz CT molecular complexity index is 515. The van der Waals surface area contributed by atoms with Crippen molar-refractivity contribution in [3.05, 3.63) is 35.4 Å². The molecule has 1 N–H and O–H groups in total. The van der Waals surface area contributed by atoms with Gasteiger partial charge in [0.15, 0.2) is 11.6 Å². The van der Waals surface area contributed by atoms with Crippen LogP contribution in [0, 0.1) is 11.6 Å². The second-order valence-electron chi connectivity index (χ2n) is 5.53. The second kappa shape index (κ2) is 5.48. The molecule has 2 saturated heterocycles. The van der Waals surface area contributed by atoms with Crippen LogP contribution in [0.5, 0.6) is 0 Å². The first-order chi connectivity index (χ1) is 9.66. The highest BCUT2D eigenvalue weighted by Gasteiger charge is 2.37. The van der Waals surface area contributed by atoms with Crippen LogP contribution < -0.4 is 5.32 Å². The fourth-order valence-corrected chi connectivity index (χ4v) is 3.20. The molecule has 0 radical (unpaired) electrons. The highest BCUT2D eigenvalue weighted by molar-refractivity contribution is 5.83. The van der Waals surface area contributed by atoms with Crippen molar-refractivity contribution >= 4 is 5.91 Å². The molecule has 0 saturated carbocycles. The van der Waals surface area contributed by atoms with Gasteiger partial charge in [0.25, 0.3) is 0 Å². The Labute approximate surface area is 117 Å². The molecule has 5 heteroatoms. The predicted octanol–water partition coefficient (Wildman–Crippen LogP) is 2.03. The Balaban J connectivity index is 1.80. The molecular formula is C15H18F2N2O. The van der Waals surface area contributed by atoms with Gasteiger partial charge < -0.3 is 10.2 Å². The van der Waals surface area contributed by atoms with Gasteiger partial charge in [0, 0.05) is 19.0 Å². The van der Waals surface area contributed by atoms with E-state index in [1.165, 1.54) is 6.07 Å². The minimum Gasteiger partial charge on any atom is -0.341 e. The zero-order valence-electron chi connectivity index (χ0n) is 11.2. The molecule has 1 aromatic rings.